The van der Waals surface area contributed by atoms with Gasteiger partial charge in [-0.05, 0) is 0 Å². The third kappa shape index (κ3) is 5.45. The Bertz CT molecular complexity index is 403. The summed E-state index contributed by atoms with van der Waals surface area (Å²) >= 11 is 0. The van der Waals surface area contributed by atoms with E-state index in [9.17, 15) is 22.0 Å². The second-order valence-corrected chi connectivity index (χ2v) is 6.64. The second kappa shape index (κ2) is 6.12. The molecule has 1 unspecified atom stereocenters. The quantitative estimate of drug-likeness (QED) is 0.788. The summed E-state index contributed by atoms with van der Waals surface area (Å²) in [6.45, 7) is -0.495. The second-order valence-electron chi connectivity index (χ2n) is 4.38. The van der Waals surface area contributed by atoms with Crippen molar-refractivity contribution >= 4 is 28.2 Å². The molecule has 0 aromatic heterocycles. The van der Waals surface area contributed by atoms with Crippen LogP contribution in [-0.2, 0) is 14.6 Å². The molecule has 0 bridgehead atoms. The Morgan fingerprint density at radius 1 is 1.50 bits per heavy atom. The van der Waals surface area contributed by atoms with Gasteiger partial charge in [-0.25, -0.2) is 17.2 Å². The van der Waals surface area contributed by atoms with Crippen molar-refractivity contribution in [1.82, 2.24) is 10.2 Å². The van der Waals surface area contributed by atoms with Crippen molar-refractivity contribution in [2.24, 2.45) is 0 Å². The molecule has 1 heterocycles. The van der Waals surface area contributed by atoms with Gasteiger partial charge in [-0.2, -0.15) is 0 Å². The van der Waals surface area contributed by atoms with Crippen LogP contribution in [-0.4, -0.2) is 63.3 Å². The SMILES string of the molecule is CN(CCS(C)(=O)=O)C(=O)C1CC(F)(F)CN1.Cl. The highest BCUT2D eigenvalue weighted by Crippen LogP contribution is 2.25. The number of likely N-dealkylation sites (N-methyl/N-ethyl adjacent to an activating group) is 1. The van der Waals surface area contributed by atoms with Crippen LogP contribution in [0.3, 0.4) is 0 Å². The Labute approximate surface area is 111 Å². The van der Waals surface area contributed by atoms with Gasteiger partial charge in [-0.15, -0.1) is 12.4 Å². The Balaban J connectivity index is 0.00000289. The van der Waals surface area contributed by atoms with Crippen LogP contribution >= 0.6 is 12.4 Å². The summed E-state index contributed by atoms with van der Waals surface area (Å²) in [7, 11) is -1.75. The van der Waals surface area contributed by atoms with Gasteiger partial charge in [0.2, 0.25) is 5.91 Å². The maximum absolute atomic E-state index is 12.9. The highest BCUT2D eigenvalue weighted by molar-refractivity contribution is 7.90. The summed E-state index contributed by atoms with van der Waals surface area (Å²) in [5.41, 5.74) is 0. The first-order valence-corrected chi connectivity index (χ1v) is 7.21. The minimum absolute atomic E-state index is 0. The van der Waals surface area contributed by atoms with Crippen molar-refractivity contribution in [2.75, 3.05) is 32.1 Å². The smallest absolute Gasteiger partial charge is 0.262 e. The average Bonchev–Trinajstić information content (AvgIpc) is 2.53. The molecule has 1 amide bonds. The van der Waals surface area contributed by atoms with E-state index in [0.717, 1.165) is 6.26 Å². The number of sulfone groups is 1. The Hall–Kier alpha value is -0.470. The number of amides is 1. The summed E-state index contributed by atoms with van der Waals surface area (Å²) in [4.78, 5) is 12.9. The molecule has 1 N–H and O–H groups in total. The third-order valence-electron chi connectivity index (χ3n) is 2.58. The molecule has 0 spiro atoms. The fraction of sp³-hybridized carbons (Fsp3) is 0.889. The Morgan fingerprint density at radius 3 is 2.44 bits per heavy atom. The lowest BCUT2D eigenvalue weighted by molar-refractivity contribution is -0.132. The van der Waals surface area contributed by atoms with E-state index in [1.54, 1.807) is 0 Å². The van der Waals surface area contributed by atoms with E-state index in [1.165, 1.54) is 11.9 Å². The van der Waals surface area contributed by atoms with Crippen LogP contribution in [0.2, 0.25) is 0 Å². The zero-order valence-corrected chi connectivity index (χ0v) is 11.8. The van der Waals surface area contributed by atoms with Crippen LogP contribution in [0.1, 0.15) is 6.42 Å². The predicted octanol–water partition coefficient (Wildman–Crippen LogP) is -0.0916. The maximum atomic E-state index is 12.9. The van der Waals surface area contributed by atoms with Gasteiger partial charge in [0.25, 0.3) is 5.92 Å². The molecule has 5 nitrogen and oxygen atoms in total. The van der Waals surface area contributed by atoms with E-state index in [-0.39, 0.29) is 24.7 Å². The number of nitrogens with one attached hydrogen (secondary N) is 1. The van der Waals surface area contributed by atoms with Crippen molar-refractivity contribution in [3.63, 3.8) is 0 Å². The normalized spacial score (nSPS) is 22.3. The van der Waals surface area contributed by atoms with E-state index in [2.05, 4.69) is 5.32 Å². The zero-order chi connectivity index (χ0) is 13.3. The number of hydrogen-bond acceptors (Lipinski definition) is 4. The molecule has 1 saturated heterocycles. The van der Waals surface area contributed by atoms with Gasteiger partial charge in [0.05, 0.1) is 18.3 Å². The average molecular weight is 307 g/mol. The Morgan fingerprint density at radius 2 is 2.06 bits per heavy atom. The first-order chi connectivity index (χ1) is 7.61. The fourth-order valence-electron chi connectivity index (χ4n) is 1.57. The monoisotopic (exact) mass is 306 g/mol. The first-order valence-electron chi connectivity index (χ1n) is 5.15. The standard InChI is InChI=1S/C9H16F2N2O3S.ClH/c1-13(3-4-17(2,15)16)8(14)7-5-9(10,11)6-12-7;/h7,12H,3-6H2,1-2H3;1H. The fourth-order valence-corrected chi connectivity index (χ4v) is 2.17. The lowest BCUT2D eigenvalue weighted by Gasteiger charge is -2.20. The summed E-state index contributed by atoms with van der Waals surface area (Å²) in [5.74, 6) is -3.53. The number of carbonyl (C=O) groups is 1. The minimum atomic E-state index is -3.16. The number of halogens is 3. The molecule has 1 rings (SSSR count). The van der Waals surface area contributed by atoms with Gasteiger partial charge >= 0.3 is 0 Å². The summed E-state index contributed by atoms with van der Waals surface area (Å²) in [5, 5.41) is 2.43. The molecular formula is C9H17ClF2N2O3S. The van der Waals surface area contributed by atoms with Crippen LogP contribution in [0.4, 0.5) is 8.78 Å². The van der Waals surface area contributed by atoms with Gasteiger partial charge in [0.15, 0.2) is 0 Å². The van der Waals surface area contributed by atoms with Crippen molar-refractivity contribution in [3.05, 3.63) is 0 Å². The Kier molecular flexibility index (Phi) is 5.96. The molecule has 9 heteroatoms. The molecule has 1 fully saturated rings. The van der Waals surface area contributed by atoms with Crippen LogP contribution in [0.5, 0.6) is 0 Å². The number of carbonyl (C=O) groups excluding carboxylic acids is 1. The van der Waals surface area contributed by atoms with Crippen molar-refractivity contribution in [2.45, 2.75) is 18.4 Å². The van der Waals surface area contributed by atoms with E-state index < -0.39 is 40.7 Å². The van der Waals surface area contributed by atoms with Crippen LogP contribution in [0.15, 0.2) is 0 Å². The lowest BCUT2D eigenvalue weighted by atomic mass is 10.2. The molecule has 1 aliphatic heterocycles. The van der Waals surface area contributed by atoms with Crippen LogP contribution in [0.25, 0.3) is 0 Å². The number of nitrogens with zero attached hydrogens (tertiary/aromatic N) is 1. The number of alkyl halides is 2. The van der Waals surface area contributed by atoms with E-state index in [4.69, 9.17) is 0 Å². The molecule has 1 aliphatic rings. The minimum Gasteiger partial charge on any atom is -0.343 e. The largest absolute Gasteiger partial charge is 0.343 e. The highest BCUT2D eigenvalue weighted by atomic mass is 35.5. The maximum Gasteiger partial charge on any atom is 0.262 e. The first kappa shape index (κ1) is 17.5. The molecule has 0 saturated carbocycles. The molecule has 18 heavy (non-hydrogen) atoms. The number of rotatable bonds is 4. The van der Waals surface area contributed by atoms with E-state index in [1.807, 2.05) is 0 Å². The van der Waals surface area contributed by atoms with Gasteiger partial charge in [0, 0.05) is 26.3 Å². The van der Waals surface area contributed by atoms with E-state index in [0.29, 0.717) is 0 Å². The molecule has 1 atom stereocenters. The summed E-state index contributed by atoms with van der Waals surface area (Å²) in [6.07, 6.45) is 0.530. The molecular weight excluding hydrogens is 290 g/mol. The molecule has 0 aromatic rings. The van der Waals surface area contributed by atoms with Gasteiger partial charge in [-0.1, -0.05) is 0 Å². The summed E-state index contributed by atoms with van der Waals surface area (Å²) in [6, 6.07) is -0.922. The highest BCUT2D eigenvalue weighted by Gasteiger charge is 2.43. The zero-order valence-electron chi connectivity index (χ0n) is 10.2. The lowest BCUT2D eigenvalue weighted by Crippen LogP contribution is -2.43. The van der Waals surface area contributed by atoms with Gasteiger partial charge in [0.1, 0.15) is 9.84 Å². The third-order valence-corrected chi connectivity index (χ3v) is 3.51. The molecule has 0 radical (unpaired) electrons. The summed E-state index contributed by atoms with van der Waals surface area (Å²) < 4.78 is 47.5. The van der Waals surface area contributed by atoms with Gasteiger partial charge < -0.3 is 4.90 Å². The van der Waals surface area contributed by atoms with Crippen LogP contribution < -0.4 is 5.32 Å². The predicted molar refractivity (Wildman–Crippen MR) is 66.0 cm³/mol. The van der Waals surface area contributed by atoms with Crippen molar-refractivity contribution < 1.29 is 22.0 Å². The molecule has 0 aromatic carbocycles. The molecule has 108 valence electrons. The van der Waals surface area contributed by atoms with Crippen molar-refractivity contribution in [1.29, 1.82) is 0 Å². The van der Waals surface area contributed by atoms with Gasteiger partial charge in [-0.3, -0.25) is 10.1 Å². The van der Waals surface area contributed by atoms with E-state index >= 15 is 0 Å². The van der Waals surface area contributed by atoms with Crippen molar-refractivity contribution in [3.8, 4) is 0 Å². The number of hydrogen-bond donors (Lipinski definition) is 1. The topological polar surface area (TPSA) is 66.5 Å². The van der Waals surface area contributed by atoms with Crippen LogP contribution in [0, 0.1) is 0 Å². The molecule has 0 aliphatic carbocycles.